The fourth-order valence-corrected chi connectivity index (χ4v) is 7.02. The van der Waals surface area contributed by atoms with Gasteiger partial charge in [-0.2, -0.15) is 0 Å². The molecule has 5 aliphatic rings. The van der Waals surface area contributed by atoms with Gasteiger partial charge in [-0.05, 0) is 35.4 Å². The van der Waals surface area contributed by atoms with Crippen LogP contribution in [0.5, 0.6) is 0 Å². The normalized spacial score (nSPS) is 32.4. The monoisotopic (exact) mass is 526 g/mol. The standard InChI is InChI=1S/C25H32N8O5/c1-23(2)9-8-12-4-3-5-13(18(12)23)20(36)29-15-11-33-22(27)28-14(10-32-16(34)6-7-17(32)35)19-24(33,25(15,37)38)31-21(26)30-19/h3-5,14-15,19,37-38H,6-11H2,1-2H3,(H6,26,27,28,29,30,31,36)/p+2/t14-,15?,19-,24-/m0/s1. The molecular weight excluding hydrogens is 492 g/mol. The van der Waals surface area contributed by atoms with Crippen molar-refractivity contribution < 1.29 is 34.2 Å². The quantitative estimate of drug-likeness (QED) is 0.108. The van der Waals surface area contributed by atoms with E-state index in [0.717, 1.165) is 28.9 Å². The van der Waals surface area contributed by atoms with Crippen LogP contribution >= 0.6 is 0 Å². The average Bonchev–Trinajstić information content (AvgIpc) is 3.54. The topological polar surface area (TPSA) is 200 Å². The predicted molar refractivity (Wildman–Crippen MR) is 133 cm³/mol. The van der Waals surface area contributed by atoms with E-state index in [2.05, 4.69) is 34.8 Å². The largest absolute Gasteiger partial charge is 0.358 e. The zero-order valence-corrected chi connectivity index (χ0v) is 21.4. The molecule has 38 heavy (non-hydrogen) atoms. The van der Waals surface area contributed by atoms with Crippen LogP contribution in [0, 0.1) is 0 Å². The molecule has 1 unspecified atom stereocenters. The maximum absolute atomic E-state index is 13.6. The van der Waals surface area contributed by atoms with Crippen molar-refractivity contribution in [2.75, 3.05) is 13.1 Å². The van der Waals surface area contributed by atoms with Gasteiger partial charge in [0.2, 0.25) is 11.8 Å². The highest BCUT2D eigenvalue weighted by atomic mass is 16.5. The molecule has 0 saturated carbocycles. The fourth-order valence-electron chi connectivity index (χ4n) is 7.02. The van der Waals surface area contributed by atoms with Crippen LogP contribution in [0.1, 0.15) is 54.6 Å². The first-order valence-electron chi connectivity index (χ1n) is 12.9. The molecule has 0 aromatic heterocycles. The Kier molecular flexibility index (Phi) is 5.12. The van der Waals surface area contributed by atoms with Crippen molar-refractivity contribution in [2.24, 2.45) is 11.5 Å². The lowest BCUT2D eigenvalue weighted by atomic mass is 9.83. The maximum atomic E-state index is 13.6. The molecule has 1 aromatic rings. The zero-order valence-electron chi connectivity index (χ0n) is 21.4. The summed E-state index contributed by atoms with van der Waals surface area (Å²) in [5.74, 6) is -3.41. The molecule has 202 valence electrons. The Morgan fingerprint density at radius 3 is 2.63 bits per heavy atom. The summed E-state index contributed by atoms with van der Waals surface area (Å²) < 4.78 is 1.53. The molecule has 10 N–H and O–H groups in total. The second kappa shape index (κ2) is 7.90. The minimum atomic E-state index is -2.56. The number of benzene rings is 1. The number of hydrogen-bond donors (Lipinski definition) is 8. The van der Waals surface area contributed by atoms with Crippen LogP contribution in [-0.4, -0.2) is 92.0 Å². The van der Waals surface area contributed by atoms with E-state index in [1.807, 2.05) is 12.1 Å². The number of amides is 3. The van der Waals surface area contributed by atoms with Gasteiger partial charge in [-0.1, -0.05) is 26.0 Å². The fraction of sp³-hybridized carbons (Fsp3) is 0.560. The zero-order chi connectivity index (χ0) is 27.2. The number of aliphatic hydroxyl groups is 2. The van der Waals surface area contributed by atoms with Crippen molar-refractivity contribution in [3.63, 3.8) is 0 Å². The molecule has 2 saturated heterocycles. The third-order valence-electron chi connectivity index (χ3n) is 8.88. The van der Waals surface area contributed by atoms with Crippen molar-refractivity contribution >= 4 is 29.6 Å². The predicted octanol–water partition coefficient (Wildman–Crippen LogP) is -4.79. The maximum Gasteiger partial charge on any atom is 0.347 e. The third-order valence-corrected chi connectivity index (χ3v) is 8.88. The lowest BCUT2D eigenvalue weighted by molar-refractivity contribution is -0.674. The number of nitrogens with one attached hydrogen (secondary N) is 4. The summed E-state index contributed by atoms with van der Waals surface area (Å²) in [5, 5.41) is 32.3. The van der Waals surface area contributed by atoms with Gasteiger partial charge in [0, 0.05) is 18.4 Å². The van der Waals surface area contributed by atoms with Crippen LogP contribution < -0.4 is 32.4 Å². The van der Waals surface area contributed by atoms with Gasteiger partial charge in [-0.25, -0.2) is 9.89 Å². The number of likely N-dealkylation sites (tertiary alicyclic amines) is 1. The van der Waals surface area contributed by atoms with E-state index in [-0.39, 0.29) is 55.1 Å². The van der Waals surface area contributed by atoms with E-state index in [1.54, 1.807) is 6.07 Å². The molecule has 4 heterocycles. The van der Waals surface area contributed by atoms with Crippen molar-refractivity contribution in [3.8, 4) is 0 Å². The van der Waals surface area contributed by atoms with Gasteiger partial charge >= 0.3 is 11.9 Å². The first-order chi connectivity index (χ1) is 17.9. The number of carbonyl (C=O) groups is 3. The number of rotatable bonds is 4. The van der Waals surface area contributed by atoms with Crippen molar-refractivity contribution in [3.05, 3.63) is 34.9 Å². The Labute approximate surface area is 218 Å². The highest BCUT2D eigenvalue weighted by molar-refractivity contribution is 6.02. The Bertz CT molecular complexity index is 1320. The van der Waals surface area contributed by atoms with Gasteiger partial charge in [-0.3, -0.25) is 41.1 Å². The first kappa shape index (κ1) is 24.6. The van der Waals surface area contributed by atoms with Gasteiger partial charge < -0.3 is 15.5 Å². The molecule has 6 rings (SSSR count). The Morgan fingerprint density at radius 1 is 1.21 bits per heavy atom. The van der Waals surface area contributed by atoms with Gasteiger partial charge in [0.25, 0.3) is 17.4 Å². The molecule has 0 bridgehead atoms. The summed E-state index contributed by atoms with van der Waals surface area (Å²) in [6, 6.07) is 2.93. The molecule has 0 radical (unpaired) electrons. The molecule has 4 aliphatic heterocycles. The molecule has 13 heteroatoms. The summed E-state index contributed by atoms with van der Waals surface area (Å²) in [6.07, 6.45) is 2.06. The lowest BCUT2D eigenvalue weighted by Gasteiger charge is -2.41. The molecule has 1 aromatic carbocycles. The highest BCUT2D eigenvalue weighted by Gasteiger charge is 2.78. The van der Waals surface area contributed by atoms with E-state index in [4.69, 9.17) is 11.5 Å². The number of aryl methyl sites for hydroxylation is 1. The van der Waals surface area contributed by atoms with Crippen molar-refractivity contribution in [1.82, 2.24) is 20.9 Å². The number of carbonyl (C=O) groups excluding carboxylic acids is 3. The second-order valence-electron chi connectivity index (χ2n) is 11.5. The molecule has 1 aliphatic carbocycles. The molecule has 4 atom stereocenters. The minimum absolute atomic E-state index is 0.0389. The number of guanidine groups is 2. The summed E-state index contributed by atoms with van der Waals surface area (Å²) in [7, 11) is 0. The van der Waals surface area contributed by atoms with Crippen molar-refractivity contribution in [1.29, 1.82) is 0 Å². The minimum Gasteiger partial charge on any atom is -0.358 e. The number of hydrogen-bond acceptors (Lipinski definition) is 9. The van der Waals surface area contributed by atoms with Gasteiger partial charge in [0.15, 0.2) is 6.04 Å². The molecule has 1 spiro atoms. The summed E-state index contributed by atoms with van der Waals surface area (Å²) in [5.41, 5.74) is 13.2. The Hall–Kier alpha value is -3.71. The SMILES string of the molecule is CC1(C)CCc2cccc(C(=O)NC3C[N+]4=C(N)N[C@@H](CN5C(=O)CCC5=O)[C@@H]5[NH+]=C(N)N[C@@]54C3(O)O)c21. The molecular formula is C25H34N8O5+2. The van der Waals surface area contributed by atoms with E-state index in [1.165, 1.54) is 4.58 Å². The average molecular weight is 527 g/mol. The van der Waals surface area contributed by atoms with E-state index >= 15 is 0 Å². The molecule has 3 amide bonds. The smallest absolute Gasteiger partial charge is 0.347 e. The second-order valence-corrected chi connectivity index (χ2v) is 11.5. The molecule has 2 fully saturated rings. The highest BCUT2D eigenvalue weighted by Crippen LogP contribution is 2.41. The van der Waals surface area contributed by atoms with Gasteiger partial charge in [-0.15, -0.1) is 0 Å². The Balaban J connectivity index is 1.33. The van der Waals surface area contributed by atoms with E-state index in [9.17, 15) is 24.6 Å². The number of fused-ring (bicyclic) bond motifs is 1. The third kappa shape index (κ3) is 3.21. The number of imide groups is 1. The summed E-state index contributed by atoms with van der Waals surface area (Å²) in [6.45, 7) is 4.12. The molecule has 13 nitrogen and oxygen atoms in total. The van der Waals surface area contributed by atoms with E-state index in [0.29, 0.717) is 5.56 Å². The summed E-state index contributed by atoms with van der Waals surface area (Å²) >= 11 is 0. The van der Waals surface area contributed by atoms with Crippen LogP contribution in [0.3, 0.4) is 0 Å². The Morgan fingerprint density at radius 2 is 1.92 bits per heavy atom. The van der Waals surface area contributed by atoms with E-state index < -0.39 is 35.5 Å². The number of nitrogens with two attached hydrogens (primary N) is 2. The van der Waals surface area contributed by atoms with Crippen LogP contribution in [-0.2, 0) is 21.4 Å². The van der Waals surface area contributed by atoms with Gasteiger partial charge in [0.05, 0.1) is 13.1 Å². The lowest BCUT2D eigenvalue weighted by Crippen LogP contribution is -2.92. The van der Waals surface area contributed by atoms with Crippen LogP contribution in [0.2, 0.25) is 0 Å². The first-order valence-corrected chi connectivity index (χ1v) is 12.9. The van der Waals surface area contributed by atoms with Gasteiger partial charge in [0.1, 0.15) is 12.1 Å². The number of nitrogens with zero attached hydrogens (tertiary/aromatic N) is 2. The van der Waals surface area contributed by atoms with Crippen LogP contribution in [0.15, 0.2) is 18.2 Å². The van der Waals surface area contributed by atoms with Crippen molar-refractivity contribution in [2.45, 2.75) is 74.5 Å². The summed E-state index contributed by atoms with van der Waals surface area (Å²) in [4.78, 5) is 42.4. The van der Waals surface area contributed by atoms with Crippen LogP contribution in [0.4, 0.5) is 0 Å². The van der Waals surface area contributed by atoms with Crippen LogP contribution in [0.25, 0.3) is 0 Å².